The minimum absolute atomic E-state index is 0.0487. The van der Waals surface area contributed by atoms with Gasteiger partial charge in [0.2, 0.25) is 0 Å². The van der Waals surface area contributed by atoms with Gasteiger partial charge in [-0.05, 0) is 48.4 Å². The maximum atomic E-state index is 13.3. The van der Waals surface area contributed by atoms with Crippen molar-refractivity contribution in [2.75, 3.05) is 20.8 Å². The van der Waals surface area contributed by atoms with E-state index in [1.54, 1.807) is 73.9 Å². The van der Waals surface area contributed by atoms with E-state index in [0.29, 0.717) is 16.7 Å². The predicted molar refractivity (Wildman–Crippen MR) is 134 cm³/mol. The van der Waals surface area contributed by atoms with Crippen molar-refractivity contribution < 1.29 is 33.7 Å². The van der Waals surface area contributed by atoms with Crippen LogP contribution in [0.3, 0.4) is 0 Å². The number of hydrogen-bond acceptors (Lipinski definition) is 8. The topological polar surface area (TPSA) is 115 Å². The number of hydrogen-bond donors (Lipinski definition) is 1. The number of esters is 1. The molecule has 1 aliphatic rings. The fourth-order valence-electron chi connectivity index (χ4n) is 4.30. The number of aromatic nitrogens is 1. The summed E-state index contributed by atoms with van der Waals surface area (Å²) in [7, 11) is 2.87. The molecule has 0 radical (unpaired) electrons. The normalized spacial score (nSPS) is 16.5. The highest BCUT2D eigenvalue weighted by Gasteiger charge is 2.46. The minimum atomic E-state index is -0.923. The second kappa shape index (κ2) is 10.9. The van der Waals surface area contributed by atoms with E-state index in [9.17, 15) is 19.5 Å². The molecule has 0 aliphatic carbocycles. The van der Waals surface area contributed by atoms with Gasteiger partial charge in [-0.1, -0.05) is 24.3 Å². The largest absolute Gasteiger partial charge is 0.506 e. The zero-order valence-electron chi connectivity index (χ0n) is 20.6. The molecule has 1 fully saturated rings. The predicted octanol–water partition coefficient (Wildman–Crippen LogP) is 3.90. The number of pyridine rings is 1. The molecule has 9 heteroatoms. The van der Waals surface area contributed by atoms with E-state index in [1.807, 2.05) is 0 Å². The van der Waals surface area contributed by atoms with Crippen LogP contribution in [-0.4, -0.2) is 53.5 Å². The molecule has 1 N–H and O–H groups in total. The average Bonchev–Trinajstić information content (AvgIpc) is 3.18. The van der Waals surface area contributed by atoms with Gasteiger partial charge in [-0.3, -0.25) is 14.6 Å². The van der Waals surface area contributed by atoms with Crippen LogP contribution in [0.2, 0.25) is 0 Å². The van der Waals surface area contributed by atoms with Gasteiger partial charge in [0.05, 0.1) is 38.0 Å². The highest BCUT2D eigenvalue weighted by Crippen LogP contribution is 2.43. The van der Waals surface area contributed by atoms with Crippen molar-refractivity contribution >= 4 is 23.4 Å². The van der Waals surface area contributed by atoms with Crippen molar-refractivity contribution in [1.29, 1.82) is 0 Å². The van der Waals surface area contributed by atoms with Crippen molar-refractivity contribution in [3.8, 4) is 11.5 Å². The molecule has 1 aliphatic heterocycles. The number of ether oxygens (including phenoxy) is 3. The fraction of sp³-hybridized carbons (Fsp3) is 0.214. The van der Waals surface area contributed by atoms with Crippen LogP contribution in [0.25, 0.3) is 5.76 Å². The maximum Gasteiger partial charge on any atom is 0.338 e. The summed E-state index contributed by atoms with van der Waals surface area (Å²) in [6, 6.07) is 14.0. The number of likely N-dealkylation sites (tertiary alicyclic amines) is 1. The van der Waals surface area contributed by atoms with Gasteiger partial charge in [-0.15, -0.1) is 0 Å². The Morgan fingerprint density at radius 3 is 2.24 bits per heavy atom. The van der Waals surface area contributed by atoms with Crippen LogP contribution in [0.4, 0.5) is 0 Å². The summed E-state index contributed by atoms with van der Waals surface area (Å²) in [6.45, 7) is 2.03. The zero-order chi connectivity index (χ0) is 26.5. The SMILES string of the molecule is CCOC(=O)c1ccc(CN2C(=O)C(=O)/C(=C(/O)c3c(OC)cccc3OC)C2c2cccnc2)cc1. The number of carbonyl (C=O) groups is 3. The highest BCUT2D eigenvalue weighted by atomic mass is 16.5. The molecule has 1 atom stereocenters. The molecule has 1 amide bonds. The molecule has 0 spiro atoms. The van der Waals surface area contributed by atoms with Crippen molar-refractivity contribution in [3.05, 3.63) is 94.8 Å². The highest BCUT2D eigenvalue weighted by molar-refractivity contribution is 6.46. The van der Waals surface area contributed by atoms with Crippen LogP contribution in [0.1, 0.15) is 40.0 Å². The molecule has 0 bridgehead atoms. The number of methoxy groups -OCH3 is 2. The Morgan fingerprint density at radius 2 is 1.68 bits per heavy atom. The number of carbonyl (C=O) groups excluding carboxylic acids is 3. The molecule has 0 saturated carbocycles. The van der Waals surface area contributed by atoms with E-state index >= 15 is 0 Å². The van der Waals surface area contributed by atoms with Gasteiger partial charge < -0.3 is 24.2 Å². The third kappa shape index (κ3) is 4.88. The summed E-state index contributed by atoms with van der Waals surface area (Å²) in [5, 5.41) is 11.4. The molecule has 1 unspecified atom stereocenters. The van der Waals surface area contributed by atoms with Gasteiger partial charge >= 0.3 is 5.97 Å². The van der Waals surface area contributed by atoms with Crippen LogP contribution in [0.15, 0.2) is 72.6 Å². The van der Waals surface area contributed by atoms with E-state index in [2.05, 4.69) is 4.98 Å². The minimum Gasteiger partial charge on any atom is -0.506 e. The van der Waals surface area contributed by atoms with Gasteiger partial charge in [0.1, 0.15) is 22.8 Å². The molecule has 1 aromatic heterocycles. The van der Waals surface area contributed by atoms with E-state index < -0.39 is 29.5 Å². The second-order valence-electron chi connectivity index (χ2n) is 8.17. The first-order valence-corrected chi connectivity index (χ1v) is 11.6. The molecule has 2 aromatic carbocycles. The number of ketones is 1. The first-order chi connectivity index (χ1) is 17.9. The summed E-state index contributed by atoms with van der Waals surface area (Å²) >= 11 is 0. The average molecular weight is 503 g/mol. The first-order valence-electron chi connectivity index (χ1n) is 11.6. The smallest absolute Gasteiger partial charge is 0.338 e. The molecule has 3 aromatic rings. The van der Waals surface area contributed by atoms with Gasteiger partial charge in [0.25, 0.3) is 11.7 Å². The Hall–Kier alpha value is -4.66. The molecular formula is C28H26N2O7. The molecule has 9 nitrogen and oxygen atoms in total. The molecule has 190 valence electrons. The lowest BCUT2D eigenvalue weighted by Gasteiger charge is -2.25. The molecular weight excluding hydrogens is 476 g/mol. The quantitative estimate of drug-likeness (QED) is 0.213. The first kappa shape index (κ1) is 25.4. The number of aliphatic hydroxyl groups excluding tert-OH is 1. The van der Waals surface area contributed by atoms with Gasteiger partial charge in [0, 0.05) is 18.9 Å². The maximum absolute atomic E-state index is 13.3. The number of amides is 1. The van der Waals surface area contributed by atoms with Gasteiger partial charge in [-0.2, -0.15) is 0 Å². The van der Waals surface area contributed by atoms with E-state index in [-0.39, 0.29) is 35.8 Å². The van der Waals surface area contributed by atoms with Crippen LogP contribution in [0.5, 0.6) is 11.5 Å². The van der Waals surface area contributed by atoms with Crippen molar-refractivity contribution in [1.82, 2.24) is 9.88 Å². The lowest BCUT2D eigenvalue weighted by Crippen LogP contribution is -2.29. The Bertz CT molecular complexity index is 1330. The van der Waals surface area contributed by atoms with Crippen LogP contribution in [0, 0.1) is 0 Å². The summed E-state index contributed by atoms with van der Waals surface area (Å²) < 4.78 is 15.8. The van der Waals surface area contributed by atoms with Crippen molar-refractivity contribution in [3.63, 3.8) is 0 Å². The van der Waals surface area contributed by atoms with Crippen LogP contribution in [-0.2, 0) is 20.9 Å². The molecule has 2 heterocycles. The van der Waals surface area contributed by atoms with E-state index in [1.165, 1.54) is 19.1 Å². The summed E-state index contributed by atoms with van der Waals surface area (Å²) in [4.78, 5) is 44.1. The summed E-state index contributed by atoms with van der Waals surface area (Å²) in [5.41, 5.74) is 1.65. The molecule has 4 rings (SSSR count). The lowest BCUT2D eigenvalue weighted by atomic mass is 9.95. The summed E-state index contributed by atoms with van der Waals surface area (Å²) in [6.07, 6.45) is 3.12. The number of Topliss-reactive ketones (excluding diaryl/α,β-unsaturated/α-hetero) is 1. The Labute approximate surface area is 213 Å². The number of benzene rings is 2. The molecule has 1 saturated heterocycles. The zero-order valence-corrected chi connectivity index (χ0v) is 20.6. The van der Waals surface area contributed by atoms with Gasteiger partial charge in [-0.25, -0.2) is 4.79 Å². The van der Waals surface area contributed by atoms with Crippen molar-refractivity contribution in [2.45, 2.75) is 19.5 Å². The Balaban J connectivity index is 1.81. The van der Waals surface area contributed by atoms with Gasteiger partial charge in [0.15, 0.2) is 0 Å². The monoisotopic (exact) mass is 502 g/mol. The standard InChI is InChI=1S/C28H26N2O7/c1-4-37-28(34)18-12-10-17(11-13-18)16-30-24(19-7-6-14-29-15-19)23(26(32)27(30)33)25(31)22-20(35-2)8-5-9-21(22)36-3/h5-15,24,31H,4,16H2,1-3H3/b25-23+. The van der Waals surface area contributed by atoms with Crippen LogP contribution >= 0.6 is 0 Å². The second-order valence-corrected chi connectivity index (χ2v) is 8.17. The van der Waals surface area contributed by atoms with Crippen LogP contribution < -0.4 is 9.47 Å². The van der Waals surface area contributed by atoms with Crippen molar-refractivity contribution in [2.24, 2.45) is 0 Å². The third-order valence-corrected chi connectivity index (χ3v) is 6.02. The Morgan fingerprint density at radius 1 is 1.00 bits per heavy atom. The third-order valence-electron chi connectivity index (χ3n) is 6.02. The Kier molecular flexibility index (Phi) is 7.52. The number of rotatable bonds is 8. The number of aliphatic hydroxyl groups is 1. The van der Waals surface area contributed by atoms with E-state index in [4.69, 9.17) is 14.2 Å². The molecule has 37 heavy (non-hydrogen) atoms. The lowest BCUT2D eigenvalue weighted by molar-refractivity contribution is -0.140. The number of nitrogens with zero attached hydrogens (tertiary/aromatic N) is 2. The van der Waals surface area contributed by atoms with E-state index in [0.717, 1.165) is 0 Å². The summed E-state index contributed by atoms with van der Waals surface area (Å²) in [5.74, 6) is -1.93. The fourth-order valence-corrected chi connectivity index (χ4v) is 4.30.